The van der Waals surface area contributed by atoms with Crippen LogP contribution in [0.1, 0.15) is 21.6 Å². The van der Waals surface area contributed by atoms with Gasteiger partial charge in [-0.2, -0.15) is 0 Å². The Morgan fingerprint density at radius 3 is 2.45 bits per heavy atom. The maximum absolute atomic E-state index is 12.2. The maximum atomic E-state index is 12.2. The van der Waals surface area contributed by atoms with E-state index in [4.69, 9.17) is 9.47 Å². The number of nitrogens with zero attached hydrogens (tertiary/aromatic N) is 1. The van der Waals surface area contributed by atoms with Crippen LogP contribution in [-0.4, -0.2) is 31.2 Å². The molecular weight excluding hydrogens is 366 g/mol. The van der Waals surface area contributed by atoms with Gasteiger partial charge in [-0.3, -0.25) is 4.79 Å². The zero-order valence-corrected chi connectivity index (χ0v) is 16.9. The molecule has 1 amide bonds. The number of nitrogens with one attached hydrogen (secondary N) is 2. The van der Waals surface area contributed by atoms with E-state index in [0.29, 0.717) is 18.8 Å². The van der Waals surface area contributed by atoms with Crippen LogP contribution in [0.25, 0.3) is 0 Å². The van der Waals surface area contributed by atoms with Crippen LogP contribution in [0, 0.1) is 13.8 Å². The van der Waals surface area contributed by atoms with E-state index < -0.39 is 0 Å². The van der Waals surface area contributed by atoms with Crippen molar-refractivity contribution in [1.29, 1.82) is 0 Å². The molecule has 0 saturated carbocycles. The van der Waals surface area contributed by atoms with Gasteiger partial charge in [0, 0.05) is 5.69 Å². The van der Waals surface area contributed by atoms with Crippen LogP contribution in [-0.2, 0) is 0 Å². The Hall–Kier alpha value is -3.54. The highest BCUT2D eigenvalue weighted by Crippen LogP contribution is 2.22. The number of carbonyl (C=O) groups excluding carboxylic acids is 1. The maximum Gasteiger partial charge on any atom is 0.269 e. The second-order valence-electron chi connectivity index (χ2n) is 6.58. The first-order valence-electron chi connectivity index (χ1n) is 9.41. The Kier molecular flexibility index (Phi) is 6.68. The molecular formula is C23H25N3O3. The fourth-order valence-corrected chi connectivity index (χ4v) is 2.74. The minimum atomic E-state index is -0.235. The predicted molar refractivity (Wildman–Crippen MR) is 114 cm³/mol. The number of ether oxygens (including phenoxy) is 2. The summed E-state index contributed by atoms with van der Waals surface area (Å²) in [6.07, 6.45) is 1.66. The van der Waals surface area contributed by atoms with Crippen LogP contribution in [0.3, 0.4) is 0 Å². The summed E-state index contributed by atoms with van der Waals surface area (Å²) in [5.41, 5.74) is 4.63. The number of benzene rings is 2. The summed E-state index contributed by atoms with van der Waals surface area (Å²) in [5.74, 6) is 1.26. The molecule has 1 heterocycles. The number of rotatable bonds is 8. The van der Waals surface area contributed by atoms with Crippen molar-refractivity contribution in [2.45, 2.75) is 13.8 Å². The summed E-state index contributed by atoms with van der Waals surface area (Å²) in [7, 11) is 1.62. The molecule has 3 aromatic rings. The molecule has 0 aliphatic carbocycles. The zero-order valence-electron chi connectivity index (χ0n) is 16.9. The Morgan fingerprint density at radius 2 is 1.76 bits per heavy atom. The molecule has 3 rings (SSSR count). The first kappa shape index (κ1) is 20.2. The monoisotopic (exact) mass is 391 g/mol. The third kappa shape index (κ3) is 5.48. The highest BCUT2D eigenvalue weighted by Gasteiger charge is 2.07. The lowest BCUT2D eigenvalue weighted by molar-refractivity contribution is 0.0942. The van der Waals surface area contributed by atoms with E-state index in [2.05, 4.69) is 35.5 Å². The van der Waals surface area contributed by atoms with Crippen molar-refractivity contribution in [3.05, 3.63) is 77.6 Å². The van der Waals surface area contributed by atoms with Gasteiger partial charge in [-0.15, -0.1) is 0 Å². The largest absolute Gasteiger partial charge is 0.497 e. The fourth-order valence-electron chi connectivity index (χ4n) is 2.74. The van der Waals surface area contributed by atoms with Crippen molar-refractivity contribution in [2.24, 2.45) is 0 Å². The highest BCUT2D eigenvalue weighted by molar-refractivity contribution is 5.92. The van der Waals surface area contributed by atoms with Gasteiger partial charge >= 0.3 is 0 Å². The fraction of sp³-hybridized carbons (Fsp3) is 0.217. The average Bonchev–Trinajstić information content (AvgIpc) is 2.75. The third-order valence-electron chi connectivity index (χ3n) is 4.60. The Labute approximate surface area is 170 Å². The summed E-state index contributed by atoms with van der Waals surface area (Å²) >= 11 is 0. The van der Waals surface area contributed by atoms with E-state index >= 15 is 0 Å². The molecule has 2 aromatic carbocycles. The summed E-state index contributed by atoms with van der Waals surface area (Å²) in [4.78, 5) is 16.5. The Bertz CT molecular complexity index is 954. The smallest absolute Gasteiger partial charge is 0.269 e. The molecule has 0 atom stereocenters. The predicted octanol–water partition coefficient (Wildman–Crippen LogP) is 4.26. The number of methoxy groups -OCH3 is 1. The zero-order chi connectivity index (χ0) is 20.6. The lowest BCUT2D eigenvalue weighted by Crippen LogP contribution is -2.28. The van der Waals surface area contributed by atoms with Gasteiger partial charge in [0.05, 0.1) is 25.5 Å². The summed E-state index contributed by atoms with van der Waals surface area (Å²) in [6.45, 7) is 4.89. The quantitative estimate of drug-likeness (QED) is 0.562. The van der Waals surface area contributed by atoms with Crippen LogP contribution < -0.4 is 20.1 Å². The van der Waals surface area contributed by atoms with E-state index in [1.54, 1.807) is 19.4 Å². The van der Waals surface area contributed by atoms with Crippen molar-refractivity contribution in [3.8, 4) is 11.5 Å². The summed E-state index contributed by atoms with van der Waals surface area (Å²) < 4.78 is 10.7. The van der Waals surface area contributed by atoms with Crippen molar-refractivity contribution in [3.63, 3.8) is 0 Å². The van der Waals surface area contributed by atoms with Crippen LogP contribution in [0.15, 0.2) is 60.8 Å². The SMILES string of the molecule is COc1ccc(OCCNC(=O)c2ccc(Nc3cccc(C)c3C)cn2)cc1. The highest BCUT2D eigenvalue weighted by atomic mass is 16.5. The molecule has 6 nitrogen and oxygen atoms in total. The molecule has 0 unspecified atom stereocenters. The van der Waals surface area contributed by atoms with Crippen LogP contribution in [0.2, 0.25) is 0 Å². The van der Waals surface area contributed by atoms with Crippen molar-refractivity contribution >= 4 is 17.3 Å². The summed E-state index contributed by atoms with van der Waals surface area (Å²) in [6, 6.07) is 16.9. The molecule has 0 aliphatic rings. The minimum Gasteiger partial charge on any atom is -0.497 e. The van der Waals surface area contributed by atoms with E-state index in [0.717, 1.165) is 22.9 Å². The number of hydrogen-bond donors (Lipinski definition) is 2. The van der Waals surface area contributed by atoms with Crippen LogP contribution >= 0.6 is 0 Å². The van der Waals surface area contributed by atoms with Gasteiger partial charge < -0.3 is 20.1 Å². The number of anilines is 2. The molecule has 0 fully saturated rings. The van der Waals surface area contributed by atoms with E-state index in [1.807, 2.05) is 42.5 Å². The Balaban J connectivity index is 1.47. The number of carbonyl (C=O) groups is 1. The minimum absolute atomic E-state index is 0.235. The molecule has 0 saturated heterocycles. The van der Waals surface area contributed by atoms with Crippen molar-refractivity contribution in [2.75, 3.05) is 25.6 Å². The van der Waals surface area contributed by atoms with Crippen molar-refractivity contribution < 1.29 is 14.3 Å². The number of aryl methyl sites for hydroxylation is 1. The van der Waals surface area contributed by atoms with Gasteiger partial charge in [0.1, 0.15) is 23.8 Å². The molecule has 0 radical (unpaired) electrons. The van der Waals surface area contributed by atoms with Gasteiger partial charge in [-0.1, -0.05) is 12.1 Å². The standard InChI is InChI=1S/C23H25N3O3/c1-16-5-4-6-21(17(16)2)26-18-7-12-22(25-15-18)23(27)24-13-14-29-20-10-8-19(28-3)9-11-20/h4-12,15,26H,13-14H2,1-3H3,(H,24,27). The van der Waals surface area contributed by atoms with Gasteiger partial charge in [-0.05, 0) is 67.4 Å². The Morgan fingerprint density at radius 1 is 1.00 bits per heavy atom. The van der Waals surface area contributed by atoms with Gasteiger partial charge in [0.2, 0.25) is 0 Å². The van der Waals surface area contributed by atoms with Gasteiger partial charge in [-0.25, -0.2) is 4.98 Å². The van der Waals surface area contributed by atoms with Crippen LogP contribution in [0.5, 0.6) is 11.5 Å². The molecule has 0 bridgehead atoms. The molecule has 0 spiro atoms. The molecule has 6 heteroatoms. The topological polar surface area (TPSA) is 72.5 Å². The average molecular weight is 391 g/mol. The third-order valence-corrected chi connectivity index (χ3v) is 4.60. The molecule has 150 valence electrons. The molecule has 29 heavy (non-hydrogen) atoms. The number of aromatic nitrogens is 1. The molecule has 1 aromatic heterocycles. The van der Waals surface area contributed by atoms with Crippen LogP contribution in [0.4, 0.5) is 11.4 Å². The number of amides is 1. The van der Waals surface area contributed by atoms with E-state index in [9.17, 15) is 4.79 Å². The normalized spacial score (nSPS) is 10.3. The number of pyridine rings is 1. The first-order chi connectivity index (χ1) is 14.1. The van der Waals surface area contributed by atoms with E-state index in [-0.39, 0.29) is 5.91 Å². The van der Waals surface area contributed by atoms with E-state index in [1.165, 1.54) is 11.1 Å². The lowest BCUT2D eigenvalue weighted by Gasteiger charge is -2.12. The second kappa shape index (κ2) is 9.59. The van der Waals surface area contributed by atoms with Gasteiger partial charge in [0.15, 0.2) is 0 Å². The number of hydrogen-bond acceptors (Lipinski definition) is 5. The molecule has 0 aliphatic heterocycles. The molecule has 2 N–H and O–H groups in total. The lowest BCUT2D eigenvalue weighted by atomic mass is 10.1. The van der Waals surface area contributed by atoms with Gasteiger partial charge in [0.25, 0.3) is 5.91 Å². The van der Waals surface area contributed by atoms with Crippen molar-refractivity contribution in [1.82, 2.24) is 10.3 Å². The summed E-state index contributed by atoms with van der Waals surface area (Å²) in [5, 5.41) is 6.14. The second-order valence-corrected chi connectivity index (χ2v) is 6.58. The first-order valence-corrected chi connectivity index (χ1v) is 9.41.